The molecule has 2 aliphatic rings. The molecule has 5 nitrogen and oxygen atoms in total. The zero-order valence-corrected chi connectivity index (χ0v) is 26.1. The Kier molecular flexibility index (Phi) is 7.09. The van der Waals surface area contributed by atoms with Gasteiger partial charge in [-0.3, -0.25) is 4.90 Å². The van der Waals surface area contributed by atoms with Gasteiger partial charge in [-0.25, -0.2) is 17.5 Å². The SMILES string of the molecule is Cc1ccc(S(=O)(=O)N2C(=O)N(c3ccccc3)[C@@H]3C(=C[C@H](c4ccccc4)C(C)(C)C3(C)C)[C@@H]2c2ccccc2)cc1. The number of anilines is 1. The molecular weight excluding hydrogens is 552 g/mol. The van der Waals surface area contributed by atoms with Crippen LogP contribution in [0.1, 0.15) is 56.3 Å². The molecule has 1 saturated heterocycles. The molecular formula is C37H38N2O3S. The predicted octanol–water partition coefficient (Wildman–Crippen LogP) is 8.51. The zero-order chi connectivity index (χ0) is 30.6. The van der Waals surface area contributed by atoms with Crippen molar-refractivity contribution >= 4 is 21.7 Å². The van der Waals surface area contributed by atoms with Crippen molar-refractivity contribution in [1.29, 1.82) is 0 Å². The number of hydrogen-bond donors (Lipinski definition) is 0. The molecule has 0 N–H and O–H groups in total. The third-order valence-corrected chi connectivity index (χ3v) is 11.6. The molecule has 4 aromatic rings. The van der Waals surface area contributed by atoms with Crippen LogP contribution in [0.3, 0.4) is 0 Å². The number of hydrogen-bond acceptors (Lipinski definition) is 3. The summed E-state index contributed by atoms with van der Waals surface area (Å²) in [5.41, 5.74) is 3.68. The van der Waals surface area contributed by atoms with Crippen LogP contribution in [0, 0.1) is 17.8 Å². The lowest BCUT2D eigenvalue weighted by Crippen LogP contribution is -2.66. The van der Waals surface area contributed by atoms with Crippen LogP contribution < -0.4 is 4.90 Å². The molecule has 0 aromatic heterocycles. The number of carbonyl (C=O) groups excluding carboxylic acids is 1. The van der Waals surface area contributed by atoms with Crippen LogP contribution in [0.4, 0.5) is 10.5 Å². The lowest BCUT2D eigenvalue weighted by Gasteiger charge is -2.61. The molecule has 3 atom stereocenters. The maximum absolute atomic E-state index is 14.9. The number of urea groups is 1. The molecule has 1 aliphatic heterocycles. The highest BCUT2D eigenvalue weighted by Crippen LogP contribution is 2.61. The van der Waals surface area contributed by atoms with Crippen LogP contribution >= 0.6 is 0 Å². The molecule has 6 rings (SSSR count). The van der Waals surface area contributed by atoms with E-state index in [1.165, 1.54) is 0 Å². The Balaban J connectivity index is 1.69. The fourth-order valence-electron chi connectivity index (χ4n) is 6.89. The highest BCUT2D eigenvalue weighted by atomic mass is 32.2. The Morgan fingerprint density at radius 1 is 0.651 bits per heavy atom. The Morgan fingerprint density at radius 3 is 1.72 bits per heavy atom. The van der Waals surface area contributed by atoms with Crippen LogP contribution in [-0.4, -0.2) is 24.8 Å². The maximum atomic E-state index is 14.9. The first-order valence-corrected chi connectivity index (χ1v) is 16.2. The van der Waals surface area contributed by atoms with Crippen molar-refractivity contribution in [3.05, 3.63) is 144 Å². The Morgan fingerprint density at radius 2 is 1.16 bits per heavy atom. The van der Waals surface area contributed by atoms with Gasteiger partial charge in [0.25, 0.3) is 10.0 Å². The van der Waals surface area contributed by atoms with Gasteiger partial charge in [0.1, 0.15) is 0 Å². The molecule has 1 heterocycles. The fraction of sp³-hybridized carbons (Fsp3) is 0.270. The number of amides is 2. The summed E-state index contributed by atoms with van der Waals surface area (Å²) < 4.78 is 30.4. The first-order valence-electron chi connectivity index (χ1n) is 14.8. The van der Waals surface area contributed by atoms with Crippen LogP contribution in [0.2, 0.25) is 0 Å². The lowest BCUT2D eigenvalue weighted by molar-refractivity contribution is 0.0488. The lowest BCUT2D eigenvalue weighted by atomic mass is 9.51. The molecule has 1 fully saturated rings. The molecule has 4 aromatic carbocycles. The number of carbonyl (C=O) groups is 1. The van der Waals surface area contributed by atoms with Crippen molar-refractivity contribution in [2.45, 2.75) is 57.5 Å². The first kappa shape index (κ1) is 28.9. The fourth-order valence-corrected chi connectivity index (χ4v) is 8.41. The van der Waals surface area contributed by atoms with Gasteiger partial charge in [0.2, 0.25) is 0 Å². The molecule has 43 heavy (non-hydrogen) atoms. The van der Waals surface area contributed by atoms with Gasteiger partial charge in [0.05, 0.1) is 17.0 Å². The van der Waals surface area contributed by atoms with E-state index < -0.39 is 33.6 Å². The van der Waals surface area contributed by atoms with E-state index in [9.17, 15) is 13.2 Å². The summed E-state index contributed by atoms with van der Waals surface area (Å²) in [5.74, 6) is -0.0177. The van der Waals surface area contributed by atoms with Gasteiger partial charge in [-0.1, -0.05) is 130 Å². The van der Waals surface area contributed by atoms with Gasteiger partial charge in [-0.05, 0) is 58.7 Å². The van der Waals surface area contributed by atoms with Crippen LogP contribution in [-0.2, 0) is 10.0 Å². The first-order chi connectivity index (χ1) is 20.5. The number of nitrogens with zero attached hydrogens (tertiary/aromatic N) is 2. The van der Waals surface area contributed by atoms with E-state index in [2.05, 4.69) is 45.9 Å². The molecule has 6 heteroatoms. The monoisotopic (exact) mass is 590 g/mol. The number of para-hydroxylation sites is 1. The standard InChI is InChI=1S/C37H38N2O3S/c1-26-21-23-30(24-22-26)43(41,42)39-33(28-17-11-7-12-18-28)31-25-32(27-15-9-6-10-16-27)36(2,3)37(4,5)34(31)38(35(39)40)29-19-13-8-14-20-29/h6-25,32-34H,1-5H3/t32-,33+,34-/m1/s1. The van der Waals surface area contributed by atoms with Crippen LogP contribution in [0.25, 0.3) is 0 Å². The van der Waals surface area contributed by atoms with Crippen molar-refractivity contribution in [1.82, 2.24) is 4.31 Å². The summed E-state index contributed by atoms with van der Waals surface area (Å²) >= 11 is 0. The molecule has 0 saturated carbocycles. The van der Waals surface area contributed by atoms with Gasteiger partial charge in [-0.2, -0.15) is 0 Å². The quantitative estimate of drug-likeness (QED) is 0.219. The van der Waals surface area contributed by atoms with Crippen LogP contribution in [0.15, 0.2) is 132 Å². The third kappa shape index (κ3) is 4.60. The molecule has 2 amide bonds. The summed E-state index contributed by atoms with van der Waals surface area (Å²) in [7, 11) is -4.26. The average Bonchev–Trinajstić information content (AvgIpc) is 3.00. The molecule has 0 radical (unpaired) electrons. The smallest absolute Gasteiger partial charge is 0.286 e. The number of allylic oxidation sites excluding steroid dienone is 1. The number of fused-ring (bicyclic) bond motifs is 1. The van der Waals surface area contributed by atoms with Gasteiger partial charge in [-0.15, -0.1) is 0 Å². The van der Waals surface area contributed by atoms with Gasteiger partial charge >= 0.3 is 6.03 Å². The molecule has 0 bridgehead atoms. The Labute approximate surface area is 255 Å². The molecule has 0 unspecified atom stereocenters. The second kappa shape index (κ2) is 10.5. The number of rotatable bonds is 5. The van der Waals surface area contributed by atoms with Crippen LogP contribution in [0.5, 0.6) is 0 Å². The zero-order valence-electron chi connectivity index (χ0n) is 25.3. The maximum Gasteiger partial charge on any atom is 0.339 e. The minimum Gasteiger partial charge on any atom is -0.286 e. The van der Waals surface area contributed by atoms with E-state index in [-0.39, 0.29) is 16.2 Å². The van der Waals surface area contributed by atoms with Crippen molar-refractivity contribution < 1.29 is 13.2 Å². The minimum absolute atomic E-state index is 0.0177. The Bertz CT molecular complexity index is 1760. The third-order valence-electron chi connectivity index (χ3n) is 9.89. The summed E-state index contributed by atoms with van der Waals surface area (Å²) in [4.78, 5) is 16.8. The minimum atomic E-state index is -4.26. The summed E-state index contributed by atoms with van der Waals surface area (Å²) in [6.07, 6.45) is 2.25. The number of aryl methyl sites for hydroxylation is 1. The van der Waals surface area contributed by atoms with Crippen molar-refractivity contribution in [3.8, 4) is 0 Å². The molecule has 220 valence electrons. The van der Waals surface area contributed by atoms with Gasteiger partial charge in [0, 0.05) is 11.6 Å². The van der Waals surface area contributed by atoms with E-state index in [0.717, 1.165) is 26.6 Å². The topological polar surface area (TPSA) is 57.7 Å². The van der Waals surface area contributed by atoms with Crippen molar-refractivity contribution in [2.75, 3.05) is 4.90 Å². The average molecular weight is 591 g/mol. The largest absolute Gasteiger partial charge is 0.339 e. The summed E-state index contributed by atoms with van der Waals surface area (Å²) in [6, 6.07) is 34.4. The molecule has 1 aliphatic carbocycles. The van der Waals surface area contributed by atoms with Crippen molar-refractivity contribution in [2.24, 2.45) is 10.8 Å². The summed E-state index contributed by atoms with van der Waals surface area (Å²) in [6.45, 7) is 10.9. The van der Waals surface area contributed by atoms with Gasteiger partial charge < -0.3 is 0 Å². The Hall–Kier alpha value is -4.16. The van der Waals surface area contributed by atoms with E-state index >= 15 is 0 Å². The van der Waals surface area contributed by atoms with E-state index in [1.54, 1.807) is 29.2 Å². The normalized spacial score (nSPS) is 23.0. The number of benzene rings is 4. The van der Waals surface area contributed by atoms with Crippen molar-refractivity contribution in [3.63, 3.8) is 0 Å². The van der Waals surface area contributed by atoms with E-state index in [4.69, 9.17) is 0 Å². The van der Waals surface area contributed by atoms with E-state index in [0.29, 0.717) is 5.69 Å². The predicted molar refractivity (Wildman–Crippen MR) is 172 cm³/mol. The van der Waals surface area contributed by atoms with E-state index in [1.807, 2.05) is 85.8 Å². The molecule has 0 spiro atoms. The van der Waals surface area contributed by atoms with Gasteiger partial charge in [0.15, 0.2) is 0 Å². The highest BCUT2D eigenvalue weighted by molar-refractivity contribution is 7.89. The second-order valence-electron chi connectivity index (χ2n) is 12.8. The summed E-state index contributed by atoms with van der Waals surface area (Å²) in [5, 5.41) is 0. The number of sulfonamides is 1. The highest BCUT2D eigenvalue weighted by Gasteiger charge is 2.61. The second-order valence-corrected chi connectivity index (χ2v) is 14.6.